The standard InChI is InChI=1S/C16H15NO4/c1-10-8-12(3-4-13(10)18)17-16(19)11-2-5-14-15(9-11)21-7-6-20-14/h2-5,8-9,18H,6-7H2,1H3,(H,17,19). The molecule has 5 heteroatoms. The van der Waals surface area contributed by atoms with Gasteiger partial charge in [0, 0.05) is 11.3 Å². The Bertz CT molecular complexity index is 697. The van der Waals surface area contributed by atoms with Gasteiger partial charge in [0.15, 0.2) is 11.5 Å². The van der Waals surface area contributed by atoms with Gasteiger partial charge in [0.25, 0.3) is 5.91 Å². The van der Waals surface area contributed by atoms with Gasteiger partial charge in [-0.15, -0.1) is 0 Å². The fourth-order valence-electron chi connectivity index (χ4n) is 2.12. The Kier molecular flexibility index (Phi) is 3.39. The van der Waals surface area contributed by atoms with E-state index in [4.69, 9.17) is 9.47 Å². The van der Waals surface area contributed by atoms with Crippen LogP contribution in [0.2, 0.25) is 0 Å². The van der Waals surface area contributed by atoms with Crippen molar-refractivity contribution in [1.82, 2.24) is 0 Å². The summed E-state index contributed by atoms with van der Waals surface area (Å²) in [5.74, 6) is 1.19. The highest BCUT2D eigenvalue weighted by atomic mass is 16.6. The number of phenolic OH excluding ortho intramolecular Hbond substituents is 1. The number of anilines is 1. The van der Waals surface area contributed by atoms with Crippen LogP contribution in [0.15, 0.2) is 36.4 Å². The molecule has 21 heavy (non-hydrogen) atoms. The van der Waals surface area contributed by atoms with Gasteiger partial charge in [-0.3, -0.25) is 4.79 Å². The first-order valence-corrected chi connectivity index (χ1v) is 6.64. The van der Waals surface area contributed by atoms with Gasteiger partial charge in [-0.25, -0.2) is 0 Å². The van der Waals surface area contributed by atoms with Crippen LogP contribution in [0.25, 0.3) is 0 Å². The maximum Gasteiger partial charge on any atom is 0.255 e. The Morgan fingerprint density at radius 1 is 1.10 bits per heavy atom. The van der Waals surface area contributed by atoms with E-state index in [0.29, 0.717) is 41.5 Å². The van der Waals surface area contributed by atoms with E-state index < -0.39 is 0 Å². The minimum Gasteiger partial charge on any atom is -0.508 e. The van der Waals surface area contributed by atoms with Crippen molar-refractivity contribution < 1.29 is 19.4 Å². The average molecular weight is 285 g/mol. The summed E-state index contributed by atoms with van der Waals surface area (Å²) >= 11 is 0. The van der Waals surface area contributed by atoms with Crippen LogP contribution < -0.4 is 14.8 Å². The van der Waals surface area contributed by atoms with E-state index in [-0.39, 0.29) is 11.7 Å². The molecule has 5 nitrogen and oxygen atoms in total. The molecule has 1 aliphatic rings. The molecular weight excluding hydrogens is 270 g/mol. The summed E-state index contributed by atoms with van der Waals surface area (Å²) in [5.41, 5.74) is 1.82. The van der Waals surface area contributed by atoms with Crippen LogP contribution >= 0.6 is 0 Å². The minimum atomic E-state index is -0.239. The van der Waals surface area contributed by atoms with Gasteiger partial charge >= 0.3 is 0 Å². The lowest BCUT2D eigenvalue weighted by atomic mass is 10.1. The largest absolute Gasteiger partial charge is 0.508 e. The molecule has 0 aliphatic carbocycles. The molecule has 0 saturated heterocycles. The Hall–Kier alpha value is -2.69. The second kappa shape index (κ2) is 5.36. The number of rotatable bonds is 2. The normalized spacial score (nSPS) is 12.8. The quantitative estimate of drug-likeness (QED) is 0.832. The van der Waals surface area contributed by atoms with Crippen LogP contribution in [0.4, 0.5) is 5.69 Å². The lowest BCUT2D eigenvalue weighted by molar-refractivity contribution is 0.102. The van der Waals surface area contributed by atoms with E-state index in [0.717, 1.165) is 0 Å². The molecule has 0 atom stereocenters. The van der Waals surface area contributed by atoms with Gasteiger partial charge in [0.2, 0.25) is 0 Å². The molecule has 2 N–H and O–H groups in total. The van der Waals surface area contributed by atoms with Crippen LogP contribution in [-0.2, 0) is 0 Å². The Labute approximate surface area is 122 Å². The van der Waals surface area contributed by atoms with Gasteiger partial charge in [-0.2, -0.15) is 0 Å². The molecule has 1 aliphatic heterocycles. The zero-order chi connectivity index (χ0) is 14.8. The van der Waals surface area contributed by atoms with Gasteiger partial charge in [0.1, 0.15) is 19.0 Å². The van der Waals surface area contributed by atoms with Crippen molar-refractivity contribution in [3.8, 4) is 17.2 Å². The first-order chi connectivity index (χ1) is 10.1. The molecular formula is C16H15NO4. The zero-order valence-corrected chi connectivity index (χ0v) is 11.6. The van der Waals surface area contributed by atoms with Crippen LogP contribution in [0.3, 0.4) is 0 Å². The smallest absolute Gasteiger partial charge is 0.255 e. The van der Waals surface area contributed by atoms with Crippen molar-refractivity contribution >= 4 is 11.6 Å². The van der Waals surface area contributed by atoms with Crippen LogP contribution in [0, 0.1) is 6.92 Å². The molecule has 1 heterocycles. The van der Waals surface area contributed by atoms with Crippen LogP contribution in [0.1, 0.15) is 15.9 Å². The van der Waals surface area contributed by atoms with E-state index in [1.54, 1.807) is 43.3 Å². The van der Waals surface area contributed by atoms with Gasteiger partial charge in [-0.05, 0) is 48.9 Å². The van der Waals surface area contributed by atoms with Crippen LogP contribution in [-0.4, -0.2) is 24.2 Å². The molecule has 0 saturated carbocycles. The number of aromatic hydroxyl groups is 1. The third kappa shape index (κ3) is 2.76. The number of carbonyl (C=O) groups excluding carboxylic acids is 1. The predicted octanol–water partition coefficient (Wildman–Crippen LogP) is 2.72. The van der Waals surface area contributed by atoms with Crippen molar-refractivity contribution in [1.29, 1.82) is 0 Å². The lowest BCUT2D eigenvalue weighted by Crippen LogP contribution is -2.17. The van der Waals surface area contributed by atoms with E-state index in [1.807, 2.05) is 0 Å². The summed E-state index contributed by atoms with van der Waals surface area (Å²) in [4.78, 5) is 12.2. The molecule has 2 aromatic carbocycles. The first kappa shape index (κ1) is 13.3. The summed E-state index contributed by atoms with van der Waals surface area (Å²) in [6.07, 6.45) is 0. The van der Waals surface area contributed by atoms with E-state index >= 15 is 0 Å². The topological polar surface area (TPSA) is 67.8 Å². The summed E-state index contributed by atoms with van der Waals surface area (Å²) in [6.45, 7) is 2.77. The van der Waals surface area contributed by atoms with E-state index in [9.17, 15) is 9.90 Å². The predicted molar refractivity (Wildman–Crippen MR) is 78.2 cm³/mol. The van der Waals surface area contributed by atoms with Gasteiger partial charge in [0.05, 0.1) is 0 Å². The molecule has 0 radical (unpaired) electrons. The highest BCUT2D eigenvalue weighted by molar-refractivity contribution is 6.04. The third-order valence-electron chi connectivity index (χ3n) is 3.26. The molecule has 108 valence electrons. The van der Waals surface area contributed by atoms with E-state index in [1.165, 1.54) is 0 Å². The molecule has 1 amide bonds. The number of amides is 1. The second-order valence-corrected chi connectivity index (χ2v) is 4.81. The SMILES string of the molecule is Cc1cc(NC(=O)c2ccc3c(c2)OCCO3)ccc1O. The number of carbonyl (C=O) groups is 1. The number of hydrogen-bond acceptors (Lipinski definition) is 4. The first-order valence-electron chi connectivity index (χ1n) is 6.64. The van der Waals surface area contributed by atoms with Crippen molar-refractivity contribution in [2.45, 2.75) is 6.92 Å². The monoisotopic (exact) mass is 285 g/mol. The van der Waals surface area contributed by atoms with Crippen LogP contribution in [0.5, 0.6) is 17.2 Å². The van der Waals surface area contributed by atoms with Gasteiger partial charge < -0.3 is 19.9 Å². The van der Waals surface area contributed by atoms with Crippen molar-refractivity contribution in [3.63, 3.8) is 0 Å². The second-order valence-electron chi connectivity index (χ2n) is 4.81. The molecule has 0 fully saturated rings. The summed E-state index contributed by atoms with van der Waals surface area (Å²) in [5, 5.41) is 12.3. The number of ether oxygens (including phenoxy) is 2. The highest BCUT2D eigenvalue weighted by Crippen LogP contribution is 2.31. The summed E-state index contributed by atoms with van der Waals surface area (Å²) < 4.78 is 10.9. The summed E-state index contributed by atoms with van der Waals surface area (Å²) in [6, 6.07) is 10.00. The Morgan fingerprint density at radius 2 is 1.86 bits per heavy atom. The lowest BCUT2D eigenvalue weighted by Gasteiger charge is -2.18. The Balaban J connectivity index is 1.80. The number of nitrogens with one attached hydrogen (secondary N) is 1. The molecule has 0 aromatic heterocycles. The number of fused-ring (bicyclic) bond motifs is 1. The third-order valence-corrected chi connectivity index (χ3v) is 3.26. The zero-order valence-electron chi connectivity index (χ0n) is 11.6. The van der Waals surface area contributed by atoms with Crippen molar-refractivity contribution in [2.75, 3.05) is 18.5 Å². The van der Waals surface area contributed by atoms with Crippen molar-refractivity contribution in [3.05, 3.63) is 47.5 Å². The fraction of sp³-hybridized carbons (Fsp3) is 0.188. The minimum absolute atomic E-state index is 0.201. The number of aryl methyl sites for hydroxylation is 1. The number of phenols is 1. The number of hydrogen-bond donors (Lipinski definition) is 2. The molecule has 0 spiro atoms. The highest BCUT2D eigenvalue weighted by Gasteiger charge is 2.15. The maximum atomic E-state index is 12.2. The Morgan fingerprint density at radius 3 is 2.62 bits per heavy atom. The molecule has 2 aromatic rings. The van der Waals surface area contributed by atoms with Crippen molar-refractivity contribution in [2.24, 2.45) is 0 Å². The summed E-state index contributed by atoms with van der Waals surface area (Å²) in [7, 11) is 0. The number of benzene rings is 2. The molecule has 0 unspecified atom stereocenters. The molecule has 0 bridgehead atoms. The fourth-order valence-corrected chi connectivity index (χ4v) is 2.12. The molecule has 3 rings (SSSR count). The van der Waals surface area contributed by atoms with E-state index in [2.05, 4.69) is 5.32 Å². The van der Waals surface area contributed by atoms with Gasteiger partial charge in [-0.1, -0.05) is 0 Å². The average Bonchev–Trinajstić information content (AvgIpc) is 2.50. The maximum absolute atomic E-state index is 12.2.